The molecule has 0 bridgehead atoms. The molecule has 21 heavy (non-hydrogen) atoms. The van der Waals surface area contributed by atoms with Gasteiger partial charge in [0.2, 0.25) is 0 Å². The fourth-order valence-electron chi connectivity index (χ4n) is 1.71. The number of benzene rings is 1. The summed E-state index contributed by atoms with van der Waals surface area (Å²) in [6.45, 7) is 4.94. The zero-order chi connectivity index (χ0) is 16.0. The minimum absolute atomic E-state index is 0.130. The first-order valence-electron chi connectivity index (χ1n) is 6.27. The molecular weight excluding hydrogens is 276 g/mol. The molecule has 112 valence electrons. The van der Waals surface area contributed by atoms with E-state index >= 15 is 0 Å². The van der Waals surface area contributed by atoms with Gasteiger partial charge in [-0.25, -0.2) is 4.79 Å². The Morgan fingerprint density at radius 1 is 1.43 bits per heavy atom. The summed E-state index contributed by atoms with van der Waals surface area (Å²) in [5, 5.41) is 13.3. The standard InChI is InChI=1S/C14H16N2O5/c1-4-21-13(17)8-9(2)15-14(18)11-6-5-7-12(10(11)3)16(19)20/h5-8H,4H2,1-3H3,(H,15,18). The molecule has 0 aliphatic heterocycles. The van der Waals surface area contributed by atoms with Crippen molar-refractivity contribution in [1.29, 1.82) is 0 Å². The van der Waals surface area contributed by atoms with Crippen LogP contribution >= 0.6 is 0 Å². The molecule has 0 heterocycles. The number of nitro benzene ring substituents is 1. The zero-order valence-electron chi connectivity index (χ0n) is 12.0. The Balaban J connectivity index is 2.93. The van der Waals surface area contributed by atoms with Crippen LogP contribution in [0.25, 0.3) is 0 Å². The number of amides is 1. The third kappa shape index (κ3) is 4.41. The van der Waals surface area contributed by atoms with Crippen molar-refractivity contribution in [1.82, 2.24) is 5.32 Å². The summed E-state index contributed by atoms with van der Waals surface area (Å²) in [6.07, 6.45) is 1.15. The largest absolute Gasteiger partial charge is 0.463 e. The third-order valence-corrected chi connectivity index (χ3v) is 2.68. The van der Waals surface area contributed by atoms with Gasteiger partial charge in [0.25, 0.3) is 11.6 Å². The lowest BCUT2D eigenvalue weighted by Gasteiger charge is -2.08. The van der Waals surface area contributed by atoms with E-state index in [0.29, 0.717) is 5.70 Å². The topological polar surface area (TPSA) is 98.5 Å². The molecule has 0 fully saturated rings. The predicted molar refractivity (Wildman–Crippen MR) is 75.7 cm³/mol. The highest BCUT2D eigenvalue weighted by molar-refractivity contribution is 5.98. The molecule has 0 atom stereocenters. The van der Waals surface area contributed by atoms with Gasteiger partial charge in [-0.05, 0) is 26.8 Å². The van der Waals surface area contributed by atoms with Crippen molar-refractivity contribution in [2.24, 2.45) is 0 Å². The summed E-state index contributed by atoms with van der Waals surface area (Å²) in [4.78, 5) is 33.6. The minimum Gasteiger partial charge on any atom is -0.463 e. The molecule has 1 rings (SSSR count). The summed E-state index contributed by atoms with van der Waals surface area (Å²) < 4.78 is 4.72. The van der Waals surface area contributed by atoms with Gasteiger partial charge in [0, 0.05) is 29.0 Å². The van der Waals surface area contributed by atoms with Crippen LogP contribution in [0, 0.1) is 17.0 Å². The van der Waals surface area contributed by atoms with E-state index in [-0.39, 0.29) is 23.4 Å². The van der Waals surface area contributed by atoms with E-state index in [4.69, 9.17) is 4.74 Å². The van der Waals surface area contributed by atoms with Crippen LogP contribution < -0.4 is 5.32 Å². The number of nitro groups is 1. The van der Waals surface area contributed by atoms with Gasteiger partial charge in [-0.2, -0.15) is 0 Å². The highest BCUT2D eigenvalue weighted by atomic mass is 16.6. The number of hydrogen-bond acceptors (Lipinski definition) is 5. The number of allylic oxidation sites excluding steroid dienone is 1. The van der Waals surface area contributed by atoms with E-state index in [1.165, 1.54) is 32.0 Å². The van der Waals surface area contributed by atoms with Crippen LogP contribution in [0.5, 0.6) is 0 Å². The SMILES string of the molecule is CCOC(=O)C=C(C)NC(=O)c1cccc([N+](=O)[O-])c1C. The number of nitrogens with one attached hydrogen (secondary N) is 1. The van der Waals surface area contributed by atoms with Crippen LogP contribution in [0.4, 0.5) is 5.69 Å². The number of carbonyl (C=O) groups excluding carboxylic acids is 2. The molecule has 0 radical (unpaired) electrons. The number of esters is 1. The van der Waals surface area contributed by atoms with Gasteiger partial charge >= 0.3 is 5.97 Å². The van der Waals surface area contributed by atoms with Crippen LogP contribution in [0.1, 0.15) is 29.8 Å². The number of hydrogen-bond donors (Lipinski definition) is 1. The molecule has 1 aromatic rings. The third-order valence-electron chi connectivity index (χ3n) is 2.68. The van der Waals surface area contributed by atoms with Crippen LogP contribution in [0.3, 0.4) is 0 Å². The number of carbonyl (C=O) groups is 2. The first kappa shape index (κ1) is 16.4. The van der Waals surface area contributed by atoms with E-state index in [1.54, 1.807) is 6.92 Å². The molecule has 0 spiro atoms. The Hall–Kier alpha value is -2.70. The van der Waals surface area contributed by atoms with E-state index in [1.807, 2.05) is 0 Å². The second kappa shape index (κ2) is 7.18. The molecular formula is C14H16N2O5. The van der Waals surface area contributed by atoms with Gasteiger partial charge in [-0.3, -0.25) is 14.9 Å². The Morgan fingerprint density at radius 2 is 2.10 bits per heavy atom. The molecule has 0 aromatic heterocycles. The smallest absolute Gasteiger partial charge is 0.332 e. The molecule has 0 saturated heterocycles. The highest BCUT2D eigenvalue weighted by Crippen LogP contribution is 2.21. The van der Waals surface area contributed by atoms with Crippen molar-refractivity contribution in [3.8, 4) is 0 Å². The average Bonchev–Trinajstić information content (AvgIpc) is 2.38. The fourth-order valence-corrected chi connectivity index (χ4v) is 1.71. The second-order valence-corrected chi connectivity index (χ2v) is 4.24. The number of nitrogens with zero attached hydrogens (tertiary/aromatic N) is 1. The van der Waals surface area contributed by atoms with Gasteiger partial charge in [0.05, 0.1) is 11.5 Å². The van der Waals surface area contributed by atoms with E-state index in [0.717, 1.165) is 6.08 Å². The van der Waals surface area contributed by atoms with E-state index in [2.05, 4.69) is 5.32 Å². The Morgan fingerprint density at radius 3 is 2.67 bits per heavy atom. The molecule has 0 saturated carbocycles. The van der Waals surface area contributed by atoms with Crippen LogP contribution in [0.15, 0.2) is 30.0 Å². The van der Waals surface area contributed by atoms with Gasteiger partial charge in [-0.15, -0.1) is 0 Å². The van der Waals surface area contributed by atoms with Crippen molar-refractivity contribution in [3.63, 3.8) is 0 Å². The van der Waals surface area contributed by atoms with E-state index < -0.39 is 16.8 Å². The number of rotatable bonds is 5. The highest BCUT2D eigenvalue weighted by Gasteiger charge is 2.18. The van der Waals surface area contributed by atoms with Gasteiger partial charge in [0.15, 0.2) is 0 Å². The van der Waals surface area contributed by atoms with Crippen LogP contribution in [0.2, 0.25) is 0 Å². The molecule has 0 aliphatic rings. The summed E-state index contributed by atoms with van der Waals surface area (Å²) >= 11 is 0. The van der Waals surface area contributed by atoms with Gasteiger partial charge in [-0.1, -0.05) is 6.07 Å². The summed E-state index contributed by atoms with van der Waals surface area (Å²) in [7, 11) is 0. The summed E-state index contributed by atoms with van der Waals surface area (Å²) in [5.74, 6) is -1.08. The normalized spacial score (nSPS) is 10.9. The van der Waals surface area contributed by atoms with Crippen molar-refractivity contribution in [2.75, 3.05) is 6.61 Å². The van der Waals surface area contributed by atoms with Crippen molar-refractivity contribution >= 4 is 17.6 Å². The van der Waals surface area contributed by atoms with Crippen molar-refractivity contribution < 1.29 is 19.2 Å². The minimum atomic E-state index is -0.564. The maximum atomic E-state index is 12.1. The zero-order valence-corrected chi connectivity index (χ0v) is 12.0. The second-order valence-electron chi connectivity index (χ2n) is 4.24. The number of ether oxygens (including phenoxy) is 1. The Kier molecular flexibility index (Phi) is 5.59. The lowest BCUT2D eigenvalue weighted by molar-refractivity contribution is -0.385. The van der Waals surface area contributed by atoms with E-state index in [9.17, 15) is 19.7 Å². The molecule has 7 heteroatoms. The molecule has 0 aliphatic carbocycles. The van der Waals surface area contributed by atoms with Crippen molar-refractivity contribution in [3.05, 3.63) is 51.2 Å². The summed E-state index contributed by atoms with van der Waals surface area (Å²) in [6, 6.07) is 4.24. The van der Waals surface area contributed by atoms with Crippen molar-refractivity contribution in [2.45, 2.75) is 20.8 Å². The Bertz CT molecular complexity index is 607. The first-order valence-corrected chi connectivity index (χ1v) is 6.27. The van der Waals surface area contributed by atoms with Crippen LogP contribution in [-0.2, 0) is 9.53 Å². The lowest BCUT2D eigenvalue weighted by atomic mass is 10.1. The maximum Gasteiger partial charge on any atom is 0.332 e. The molecule has 0 unspecified atom stereocenters. The monoisotopic (exact) mass is 292 g/mol. The Labute approximate surface area is 121 Å². The lowest BCUT2D eigenvalue weighted by Crippen LogP contribution is -2.23. The molecule has 7 nitrogen and oxygen atoms in total. The van der Waals surface area contributed by atoms with Gasteiger partial charge in [0.1, 0.15) is 0 Å². The summed E-state index contributed by atoms with van der Waals surface area (Å²) in [5.41, 5.74) is 0.615. The quantitative estimate of drug-likeness (QED) is 0.388. The predicted octanol–water partition coefficient (Wildman–Crippen LogP) is 2.10. The van der Waals surface area contributed by atoms with Crippen LogP contribution in [-0.4, -0.2) is 23.4 Å². The average molecular weight is 292 g/mol. The molecule has 1 amide bonds. The molecule has 1 N–H and O–H groups in total. The maximum absolute atomic E-state index is 12.1. The first-order chi connectivity index (χ1) is 9.86. The fraction of sp³-hybridized carbons (Fsp3) is 0.286. The molecule has 1 aromatic carbocycles. The van der Waals surface area contributed by atoms with Gasteiger partial charge < -0.3 is 10.1 Å².